The maximum Gasteiger partial charge on any atom is 0.349 e. The number of carbonyl (C=O) groups is 2. The van der Waals surface area contributed by atoms with E-state index in [0.717, 1.165) is 11.1 Å². The first-order valence-corrected chi connectivity index (χ1v) is 9.37. The lowest BCUT2D eigenvalue weighted by Crippen LogP contribution is -2.18. The quantitative estimate of drug-likeness (QED) is 0.449. The van der Waals surface area contributed by atoms with Gasteiger partial charge in [-0.25, -0.2) is 4.79 Å². The van der Waals surface area contributed by atoms with Crippen LogP contribution >= 0.6 is 11.6 Å². The van der Waals surface area contributed by atoms with Crippen LogP contribution in [-0.2, 0) is 4.79 Å². The number of carbonyl (C=O) groups excluding carboxylic acids is 2. The first-order valence-electron chi connectivity index (χ1n) is 8.99. The number of aryl methyl sites for hydroxylation is 1. The van der Waals surface area contributed by atoms with Gasteiger partial charge in [0.2, 0.25) is 0 Å². The van der Waals surface area contributed by atoms with Crippen molar-refractivity contribution < 1.29 is 19.1 Å². The largest absolute Gasteiger partial charge is 0.482 e. The molecule has 0 unspecified atom stereocenters. The Bertz CT molecular complexity index is 1010. The van der Waals surface area contributed by atoms with Crippen molar-refractivity contribution in [3.05, 3.63) is 88.4 Å². The summed E-state index contributed by atoms with van der Waals surface area (Å²) in [4.78, 5) is 24.3. The minimum atomic E-state index is -0.524. The normalized spacial score (nSPS) is 10.3. The molecule has 0 aromatic heterocycles. The molecule has 0 aliphatic rings. The number of ether oxygens (including phenoxy) is 2. The van der Waals surface area contributed by atoms with Crippen molar-refractivity contribution in [2.45, 2.75) is 13.8 Å². The summed E-state index contributed by atoms with van der Waals surface area (Å²) in [5.74, 6) is 0.187. The molecule has 3 aromatic carbocycles. The summed E-state index contributed by atoms with van der Waals surface area (Å²) >= 11 is 5.83. The Kier molecular flexibility index (Phi) is 6.52. The highest BCUT2D eigenvalue weighted by molar-refractivity contribution is 6.30. The van der Waals surface area contributed by atoms with Gasteiger partial charge < -0.3 is 14.8 Å². The van der Waals surface area contributed by atoms with Gasteiger partial charge in [0.05, 0.1) is 0 Å². The predicted molar refractivity (Wildman–Crippen MR) is 113 cm³/mol. The molecule has 6 heteroatoms. The maximum absolute atomic E-state index is 12.3. The van der Waals surface area contributed by atoms with E-state index in [1.54, 1.807) is 48.5 Å². The third-order valence-corrected chi connectivity index (χ3v) is 4.60. The fourth-order valence-electron chi connectivity index (χ4n) is 2.59. The highest BCUT2D eigenvalue weighted by Gasteiger charge is 2.10. The predicted octanol–water partition coefficient (Wildman–Crippen LogP) is 5.19. The van der Waals surface area contributed by atoms with Crippen molar-refractivity contribution in [1.29, 1.82) is 0 Å². The summed E-state index contributed by atoms with van der Waals surface area (Å²) < 4.78 is 10.8. The van der Waals surface area contributed by atoms with Gasteiger partial charge in [0.15, 0.2) is 6.61 Å². The van der Waals surface area contributed by atoms with Crippen LogP contribution in [-0.4, -0.2) is 18.5 Å². The van der Waals surface area contributed by atoms with Gasteiger partial charge in [0.1, 0.15) is 11.5 Å². The van der Waals surface area contributed by atoms with Crippen LogP contribution in [0.1, 0.15) is 21.5 Å². The first kappa shape index (κ1) is 20.4. The average molecular weight is 410 g/mol. The van der Waals surface area contributed by atoms with Crippen molar-refractivity contribution in [1.82, 2.24) is 0 Å². The zero-order valence-corrected chi connectivity index (χ0v) is 16.8. The topological polar surface area (TPSA) is 64.6 Å². The van der Waals surface area contributed by atoms with E-state index in [2.05, 4.69) is 5.32 Å². The molecule has 0 atom stereocenters. The van der Waals surface area contributed by atoms with E-state index < -0.39 is 5.97 Å². The molecule has 0 saturated carbocycles. The number of anilines is 1. The summed E-state index contributed by atoms with van der Waals surface area (Å²) in [6.07, 6.45) is 0. The maximum atomic E-state index is 12.3. The lowest BCUT2D eigenvalue weighted by Gasteiger charge is -2.11. The van der Waals surface area contributed by atoms with Crippen molar-refractivity contribution in [2.75, 3.05) is 11.9 Å². The number of esters is 1. The van der Waals surface area contributed by atoms with Crippen LogP contribution in [0.4, 0.5) is 5.69 Å². The molecule has 0 heterocycles. The van der Waals surface area contributed by atoms with E-state index >= 15 is 0 Å². The Morgan fingerprint density at radius 2 is 1.62 bits per heavy atom. The molecule has 5 nitrogen and oxygen atoms in total. The summed E-state index contributed by atoms with van der Waals surface area (Å²) in [5, 5.41) is 3.36. The van der Waals surface area contributed by atoms with Crippen LogP contribution in [0.3, 0.4) is 0 Å². The second kappa shape index (κ2) is 9.26. The molecule has 0 aliphatic carbocycles. The third-order valence-electron chi connectivity index (χ3n) is 4.35. The Labute approximate surface area is 174 Å². The van der Waals surface area contributed by atoms with Crippen LogP contribution in [0.15, 0.2) is 66.7 Å². The van der Waals surface area contributed by atoms with E-state index in [0.29, 0.717) is 27.8 Å². The molecule has 0 saturated heterocycles. The average Bonchev–Trinajstić information content (AvgIpc) is 2.71. The van der Waals surface area contributed by atoms with E-state index in [-0.39, 0.29) is 12.5 Å². The van der Waals surface area contributed by atoms with Gasteiger partial charge in [-0.1, -0.05) is 23.7 Å². The Balaban J connectivity index is 1.54. The number of benzene rings is 3. The molecule has 3 aromatic rings. The Hall–Kier alpha value is -3.31. The second-order valence-corrected chi connectivity index (χ2v) is 6.88. The van der Waals surface area contributed by atoms with Crippen LogP contribution in [0.25, 0.3) is 0 Å². The lowest BCUT2D eigenvalue weighted by atomic mass is 10.1. The van der Waals surface area contributed by atoms with Gasteiger partial charge in [-0.2, -0.15) is 0 Å². The summed E-state index contributed by atoms with van der Waals surface area (Å²) in [5.41, 5.74) is 3.14. The number of halogens is 1. The zero-order valence-electron chi connectivity index (χ0n) is 16.1. The van der Waals surface area contributed by atoms with Gasteiger partial charge in [0, 0.05) is 16.3 Å². The first-order chi connectivity index (χ1) is 13.9. The van der Waals surface area contributed by atoms with Gasteiger partial charge >= 0.3 is 5.97 Å². The molecular weight excluding hydrogens is 390 g/mol. The molecular formula is C23H20ClNO4. The zero-order chi connectivity index (χ0) is 20.8. The molecule has 0 spiro atoms. The van der Waals surface area contributed by atoms with E-state index in [1.165, 1.54) is 0 Å². The molecule has 29 heavy (non-hydrogen) atoms. The number of rotatable bonds is 6. The molecule has 0 bridgehead atoms. The number of hydrogen-bond donors (Lipinski definition) is 1. The van der Waals surface area contributed by atoms with Crippen LogP contribution in [0.5, 0.6) is 11.5 Å². The molecule has 3 rings (SSSR count). The van der Waals surface area contributed by atoms with Crippen LogP contribution < -0.4 is 14.8 Å². The van der Waals surface area contributed by atoms with E-state index in [4.69, 9.17) is 21.1 Å². The molecule has 0 aliphatic heterocycles. The summed E-state index contributed by atoms with van der Waals surface area (Å²) in [7, 11) is 0. The number of hydrogen-bond acceptors (Lipinski definition) is 4. The standard InChI is InChI=1S/C23H20ClNO4/c1-15-4-3-5-21(16(15)2)28-14-22(26)29-20-12-6-17(7-13-20)23(27)25-19-10-8-18(24)9-11-19/h3-13H,14H2,1-2H3,(H,25,27). The van der Waals surface area contributed by atoms with Crippen molar-refractivity contribution in [3.63, 3.8) is 0 Å². The highest BCUT2D eigenvalue weighted by Crippen LogP contribution is 2.21. The molecule has 1 amide bonds. The van der Waals surface area contributed by atoms with Crippen molar-refractivity contribution in [2.24, 2.45) is 0 Å². The van der Waals surface area contributed by atoms with E-state index in [1.807, 2.05) is 32.0 Å². The fraction of sp³-hybridized carbons (Fsp3) is 0.130. The van der Waals surface area contributed by atoms with Gasteiger partial charge in [-0.15, -0.1) is 0 Å². The molecule has 1 N–H and O–H groups in total. The molecule has 0 radical (unpaired) electrons. The van der Waals surface area contributed by atoms with Gasteiger partial charge in [-0.3, -0.25) is 4.79 Å². The second-order valence-electron chi connectivity index (χ2n) is 6.45. The third kappa shape index (κ3) is 5.59. The lowest BCUT2D eigenvalue weighted by molar-refractivity contribution is -0.136. The van der Waals surface area contributed by atoms with Crippen molar-refractivity contribution >= 4 is 29.2 Å². The molecule has 148 valence electrons. The Morgan fingerprint density at radius 1 is 0.931 bits per heavy atom. The van der Waals surface area contributed by atoms with Crippen molar-refractivity contribution in [3.8, 4) is 11.5 Å². The summed E-state index contributed by atoms with van der Waals surface area (Å²) in [6.45, 7) is 3.71. The van der Waals surface area contributed by atoms with E-state index in [9.17, 15) is 9.59 Å². The minimum Gasteiger partial charge on any atom is -0.482 e. The SMILES string of the molecule is Cc1cccc(OCC(=O)Oc2ccc(C(=O)Nc3ccc(Cl)cc3)cc2)c1C. The van der Waals surface area contributed by atoms with Crippen LogP contribution in [0, 0.1) is 13.8 Å². The van der Waals surface area contributed by atoms with Gasteiger partial charge in [-0.05, 0) is 79.6 Å². The number of nitrogens with one attached hydrogen (secondary N) is 1. The minimum absolute atomic E-state index is 0.205. The summed E-state index contributed by atoms with van der Waals surface area (Å²) in [6, 6.07) is 18.8. The smallest absolute Gasteiger partial charge is 0.349 e. The van der Waals surface area contributed by atoms with Gasteiger partial charge in [0.25, 0.3) is 5.91 Å². The highest BCUT2D eigenvalue weighted by atomic mass is 35.5. The Morgan fingerprint density at radius 3 is 2.31 bits per heavy atom. The molecule has 0 fully saturated rings. The fourth-order valence-corrected chi connectivity index (χ4v) is 2.71. The van der Waals surface area contributed by atoms with Crippen LogP contribution in [0.2, 0.25) is 5.02 Å². The monoisotopic (exact) mass is 409 g/mol. The number of amides is 1.